The quantitative estimate of drug-likeness (QED) is 0.293. The molecule has 1 amide bonds. The molecule has 0 saturated carbocycles. The van der Waals surface area contributed by atoms with Gasteiger partial charge in [0, 0.05) is 0 Å². The molecule has 3 aromatic carbocycles. The number of nitrogens with one attached hydrogen (secondary N) is 1. The first-order valence-corrected chi connectivity index (χ1v) is 10.1. The monoisotopic (exact) mass is 500 g/mol. The van der Waals surface area contributed by atoms with Crippen molar-refractivity contribution in [3.8, 4) is 11.5 Å². The van der Waals surface area contributed by atoms with Crippen molar-refractivity contribution in [2.75, 3.05) is 14.2 Å². The van der Waals surface area contributed by atoms with Crippen LogP contribution in [0.15, 0.2) is 77.9 Å². The number of rotatable bonds is 7. The lowest BCUT2D eigenvalue weighted by Gasteiger charge is -2.16. The van der Waals surface area contributed by atoms with E-state index in [4.69, 9.17) is 9.47 Å². The Labute approximate surface area is 183 Å². The number of hydrazone groups is 1. The van der Waals surface area contributed by atoms with Gasteiger partial charge in [-0.25, -0.2) is 5.43 Å². The Bertz CT molecular complexity index is 952. The predicted molar refractivity (Wildman–Crippen MR) is 123 cm³/mol. The van der Waals surface area contributed by atoms with Crippen molar-refractivity contribution in [2.24, 2.45) is 5.10 Å². The summed E-state index contributed by atoms with van der Waals surface area (Å²) >= 11 is 2.17. The average Bonchev–Trinajstić information content (AvgIpc) is 2.75. The fourth-order valence-corrected chi connectivity index (χ4v) is 3.88. The van der Waals surface area contributed by atoms with E-state index >= 15 is 0 Å². The molecule has 148 valence electrons. The molecule has 1 N–H and O–H groups in total. The summed E-state index contributed by atoms with van der Waals surface area (Å²) in [5.41, 5.74) is 5.28. The third-order valence-corrected chi connectivity index (χ3v) is 5.17. The standard InChI is InChI=1S/C23H21IN2O3/c1-28-20-14-16(13-19(24)22(20)29-2)15-25-26-23(27)21(17-9-5-3-6-10-17)18-11-7-4-8-12-18/h3-15,21H,1-2H3,(H,26,27)/b25-15+. The summed E-state index contributed by atoms with van der Waals surface area (Å²) in [5, 5.41) is 4.16. The van der Waals surface area contributed by atoms with Gasteiger partial charge in [-0.1, -0.05) is 60.7 Å². The summed E-state index contributed by atoms with van der Waals surface area (Å²) in [6.45, 7) is 0. The van der Waals surface area contributed by atoms with Crippen LogP contribution >= 0.6 is 22.6 Å². The molecule has 0 atom stereocenters. The summed E-state index contributed by atoms with van der Waals surface area (Å²) in [6, 6.07) is 23.0. The van der Waals surface area contributed by atoms with Gasteiger partial charge in [0.2, 0.25) is 0 Å². The number of nitrogens with zero attached hydrogens (tertiary/aromatic N) is 1. The highest BCUT2D eigenvalue weighted by Crippen LogP contribution is 2.33. The number of halogens is 1. The van der Waals surface area contributed by atoms with Gasteiger partial charge in [0.1, 0.15) is 0 Å². The number of carbonyl (C=O) groups excluding carboxylic acids is 1. The molecule has 0 aliphatic heterocycles. The summed E-state index contributed by atoms with van der Waals surface area (Å²) in [5.74, 6) is 0.634. The van der Waals surface area contributed by atoms with E-state index in [-0.39, 0.29) is 5.91 Å². The van der Waals surface area contributed by atoms with E-state index in [0.717, 1.165) is 20.3 Å². The van der Waals surface area contributed by atoms with Crippen LogP contribution in [0.4, 0.5) is 0 Å². The maximum absolute atomic E-state index is 13.0. The lowest BCUT2D eigenvalue weighted by atomic mass is 9.91. The van der Waals surface area contributed by atoms with Crippen molar-refractivity contribution < 1.29 is 14.3 Å². The molecule has 3 aromatic rings. The Balaban J connectivity index is 1.81. The maximum atomic E-state index is 13.0. The molecule has 29 heavy (non-hydrogen) atoms. The van der Waals surface area contributed by atoms with Crippen LogP contribution in [0.5, 0.6) is 11.5 Å². The number of carbonyl (C=O) groups is 1. The van der Waals surface area contributed by atoms with Crippen molar-refractivity contribution in [3.63, 3.8) is 0 Å². The topological polar surface area (TPSA) is 59.9 Å². The minimum atomic E-state index is -0.444. The van der Waals surface area contributed by atoms with Crippen molar-refractivity contribution >= 4 is 34.7 Å². The second-order valence-electron chi connectivity index (χ2n) is 6.23. The van der Waals surface area contributed by atoms with Crippen LogP contribution in [-0.4, -0.2) is 26.3 Å². The van der Waals surface area contributed by atoms with Crippen LogP contribution < -0.4 is 14.9 Å². The maximum Gasteiger partial charge on any atom is 0.252 e. The lowest BCUT2D eigenvalue weighted by molar-refractivity contribution is -0.121. The molecule has 0 bridgehead atoms. The molecule has 0 radical (unpaired) electrons. The van der Waals surface area contributed by atoms with Crippen molar-refractivity contribution in [2.45, 2.75) is 5.92 Å². The number of amides is 1. The Morgan fingerprint density at radius 1 is 0.966 bits per heavy atom. The second kappa shape index (κ2) is 10.1. The summed E-state index contributed by atoms with van der Waals surface area (Å²) in [6.07, 6.45) is 1.59. The number of benzene rings is 3. The number of hydrogen-bond donors (Lipinski definition) is 1. The Morgan fingerprint density at radius 2 is 1.55 bits per heavy atom. The zero-order valence-electron chi connectivity index (χ0n) is 16.1. The number of methoxy groups -OCH3 is 2. The van der Waals surface area contributed by atoms with Crippen molar-refractivity contribution in [3.05, 3.63) is 93.1 Å². The normalized spacial score (nSPS) is 10.9. The first kappa shape index (κ1) is 20.9. The van der Waals surface area contributed by atoms with Crippen LogP contribution in [0, 0.1) is 3.57 Å². The van der Waals surface area contributed by atoms with Crippen LogP contribution in [-0.2, 0) is 4.79 Å². The van der Waals surface area contributed by atoms with Crippen LogP contribution in [0.1, 0.15) is 22.6 Å². The van der Waals surface area contributed by atoms with E-state index in [2.05, 4.69) is 33.1 Å². The van der Waals surface area contributed by atoms with Gasteiger partial charge in [-0.2, -0.15) is 5.10 Å². The summed E-state index contributed by atoms with van der Waals surface area (Å²) in [7, 11) is 3.18. The SMILES string of the molecule is COc1cc(/C=N/NC(=O)C(c2ccccc2)c2ccccc2)cc(I)c1OC. The molecule has 0 heterocycles. The van der Waals surface area contributed by atoms with Crippen molar-refractivity contribution in [1.29, 1.82) is 0 Å². The molecule has 0 unspecified atom stereocenters. The van der Waals surface area contributed by atoms with E-state index in [9.17, 15) is 4.79 Å². The lowest BCUT2D eigenvalue weighted by Crippen LogP contribution is -2.26. The van der Waals surface area contributed by atoms with Gasteiger partial charge in [0.25, 0.3) is 5.91 Å². The summed E-state index contributed by atoms with van der Waals surface area (Å²) < 4.78 is 11.6. The molecule has 5 nitrogen and oxygen atoms in total. The smallest absolute Gasteiger partial charge is 0.252 e. The third kappa shape index (κ3) is 5.14. The predicted octanol–water partition coefficient (Wildman–Crippen LogP) is 4.59. The van der Waals surface area contributed by atoms with Crippen molar-refractivity contribution in [1.82, 2.24) is 5.43 Å². The second-order valence-corrected chi connectivity index (χ2v) is 7.39. The zero-order chi connectivity index (χ0) is 20.6. The number of hydrogen-bond acceptors (Lipinski definition) is 4. The van der Waals surface area contributed by atoms with E-state index in [1.807, 2.05) is 72.8 Å². The van der Waals surface area contributed by atoms with E-state index in [0.29, 0.717) is 11.5 Å². The van der Waals surface area contributed by atoms with Crippen LogP contribution in [0.2, 0.25) is 0 Å². The highest BCUT2D eigenvalue weighted by Gasteiger charge is 2.22. The van der Waals surface area contributed by atoms with Gasteiger partial charge in [0.15, 0.2) is 11.5 Å². The van der Waals surface area contributed by atoms with E-state index in [1.54, 1.807) is 20.4 Å². The molecular weight excluding hydrogens is 479 g/mol. The third-order valence-electron chi connectivity index (χ3n) is 4.37. The van der Waals surface area contributed by atoms with E-state index < -0.39 is 5.92 Å². The van der Waals surface area contributed by atoms with E-state index in [1.165, 1.54) is 0 Å². The van der Waals surface area contributed by atoms with Gasteiger partial charge < -0.3 is 9.47 Å². The number of ether oxygens (including phenoxy) is 2. The molecule has 0 aromatic heterocycles. The largest absolute Gasteiger partial charge is 0.493 e. The highest BCUT2D eigenvalue weighted by atomic mass is 127. The Morgan fingerprint density at radius 3 is 2.07 bits per heavy atom. The molecule has 6 heteroatoms. The molecule has 0 aliphatic rings. The molecule has 3 rings (SSSR count). The van der Waals surface area contributed by atoms with Gasteiger partial charge in [-0.15, -0.1) is 0 Å². The van der Waals surface area contributed by atoms with Crippen LogP contribution in [0.25, 0.3) is 0 Å². The molecule has 0 spiro atoms. The Kier molecular flexibility index (Phi) is 7.24. The minimum Gasteiger partial charge on any atom is -0.493 e. The first-order valence-electron chi connectivity index (χ1n) is 8.98. The van der Waals surface area contributed by atoms with Crippen LogP contribution in [0.3, 0.4) is 0 Å². The molecule has 0 saturated heterocycles. The van der Waals surface area contributed by atoms with Gasteiger partial charge in [-0.3, -0.25) is 4.79 Å². The molecule has 0 aliphatic carbocycles. The zero-order valence-corrected chi connectivity index (χ0v) is 18.3. The highest BCUT2D eigenvalue weighted by molar-refractivity contribution is 14.1. The van der Waals surface area contributed by atoms with Gasteiger partial charge in [-0.05, 0) is 51.4 Å². The first-order chi connectivity index (χ1) is 14.1. The fourth-order valence-electron chi connectivity index (χ4n) is 3.03. The minimum absolute atomic E-state index is 0.200. The summed E-state index contributed by atoms with van der Waals surface area (Å²) in [4.78, 5) is 13.0. The van der Waals surface area contributed by atoms with Gasteiger partial charge in [0.05, 0.1) is 29.9 Å². The Hall–Kier alpha value is -2.87. The average molecular weight is 500 g/mol. The molecular formula is C23H21IN2O3. The van der Waals surface area contributed by atoms with Gasteiger partial charge >= 0.3 is 0 Å². The molecule has 0 fully saturated rings. The fraction of sp³-hybridized carbons (Fsp3) is 0.130.